The molecular formula is C12H13NO5. The van der Waals surface area contributed by atoms with Gasteiger partial charge in [0, 0.05) is 11.8 Å². The molecule has 0 unspecified atom stereocenters. The highest BCUT2D eigenvalue weighted by Gasteiger charge is 2.19. The van der Waals surface area contributed by atoms with Crippen molar-refractivity contribution in [1.29, 1.82) is 0 Å². The monoisotopic (exact) mass is 251 g/mol. The maximum Gasteiger partial charge on any atom is 0.355 e. The number of pyridine rings is 1. The van der Waals surface area contributed by atoms with Gasteiger partial charge in [-0.2, -0.15) is 0 Å². The van der Waals surface area contributed by atoms with Crippen LogP contribution in [0.2, 0.25) is 0 Å². The van der Waals surface area contributed by atoms with Gasteiger partial charge in [0.25, 0.3) is 0 Å². The molecule has 0 saturated carbocycles. The van der Waals surface area contributed by atoms with Crippen LogP contribution in [0.25, 0.3) is 0 Å². The summed E-state index contributed by atoms with van der Waals surface area (Å²) >= 11 is 0. The standard InChI is InChI=1S/C12H13NO5/c1-2-3-4-18-12(17)9-5-8(7-14)6-13-10(9)11(15)16/h5-7H,2-4H2,1H3,(H,15,16). The number of hydrogen-bond donors (Lipinski definition) is 1. The number of aromatic nitrogens is 1. The molecule has 0 fully saturated rings. The number of carboxylic acid groups (broad SMARTS) is 1. The minimum absolute atomic E-state index is 0.127. The number of carbonyl (C=O) groups excluding carboxylic acids is 2. The van der Waals surface area contributed by atoms with Crippen LogP contribution in [0.5, 0.6) is 0 Å². The number of hydrogen-bond acceptors (Lipinski definition) is 5. The number of carboxylic acids is 1. The molecule has 0 amide bonds. The summed E-state index contributed by atoms with van der Waals surface area (Å²) in [4.78, 5) is 36.7. The van der Waals surface area contributed by atoms with Crippen LogP contribution < -0.4 is 0 Å². The molecule has 96 valence electrons. The average molecular weight is 251 g/mol. The zero-order valence-electron chi connectivity index (χ0n) is 9.88. The molecule has 0 saturated heterocycles. The van der Waals surface area contributed by atoms with E-state index >= 15 is 0 Å². The van der Waals surface area contributed by atoms with Crippen LogP contribution in [0.15, 0.2) is 12.3 Å². The van der Waals surface area contributed by atoms with E-state index in [1.807, 2.05) is 6.92 Å². The predicted molar refractivity (Wildman–Crippen MR) is 61.8 cm³/mol. The quantitative estimate of drug-likeness (QED) is 0.468. The van der Waals surface area contributed by atoms with Crippen molar-refractivity contribution in [2.75, 3.05) is 6.61 Å². The number of esters is 1. The Bertz CT molecular complexity index is 470. The Labute approximate surface area is 104 Å². The smallest absolute Gasteiger partial charge is 0.355 e. The number of carbonyl (C=O) groups is 3. The lowest BCUT2D eigenvalue weighted by Crippen LogP contribution is -2.14. The summed E-state index contributed by atoms with van der Waals surface area (Å²) in [6.45, 7) is 2.14. The lowest BCUT2D eigenvalue weighted by atomic mass is 10.1. The molecular weight excluding hydrogens is 238 g/mol. The maximum absolute atomic E-state index is 11.7. The van der Waals surface area contributed by atoms with Crippen molar-refractivity contribution in [3.63, 3.8) is 0 Å². The van der Waals surface area contributed by atoms with E-state index < -0.39 is 17.6 Å². The van der Waals surface area contributed by atoms with Gasteiger partial charge < -0.3 is 9.84 Å². The molecule has 0 aliphatic carbocycles. The summed E-state index contributed by atoms with van der Waals surface area (Å²) in [6.07, 6.45) is 3.13. The molecule has 18 heavy (non-hydrogen) atoms. The van der Waals surface area contributed by atoms with E-state index in [1.54, 1.807) is 0 Å². The maximum atomic E-state index is 11.7. The van der Waals surface area contributed by atoms with Crippen LogP contribution in [-0.4, -0.2) is 34.9 Å². The SMILES string of the molecule is CCCCOC(=O)c1cc(C=O)cnc1C(=O)O. The van der Waals surface area contributed by atoms with Crippen LogP contribution in [0, 0.1) is 0 Å². The van der Waals surface area contributed by atoms with E-state index in [-0.39, 0.29) is 17.7 Å². The Balaban J connectivity index is 2.99. The average Bonchev–Trinajstić information content (AvgIpc) is 2.38. The van der Waals surface area contributed by atoms with Crippen LogP contribution in [0.3, 0.4) is 0 Å². The van der Waals surface area contributed by atoms with Gasteiger partial charge in [0.15, 0.2) is 12.0 Å². The molecule has 0 atom stereocenters. The second-order valence-corrected chi connectivity index (χ2v) is 3.58. The Morgan fingerprint density at radius 3 is 2.78 bits per heavy atom. The highest BCUT2D eigenvalue weighted by atomic mass is 16.5. The van der Waals surface area contributed by atoms with Crippen molar-refractivity contribution in [1.82, 2.24) is 4.98 Å². The number of unbranched alkanes of at least 4 members (excludes halogenated alkanes) is 1. The molecule has 0 bridgehead atoms. The Hall–Kier alpha value is -2.24. The van der Waals surface area contributed by atoms with E-state index in [0.717, 1.165) is 18.7 Å². The topological polar surface area (TPSA) is 93.6 Å². The van der Waals surface area contributed by atoms with Crippen molar-refractivity contribution in [3.05, 3.63) is 29.1 Å². The third-order valence-corrected chi connectivity index (χ3v) is 2.20. The zero-order chi connectivity index (χ0) is 13.5. The molecule has 0 radical (unpaired) electrons. The lowest BCUT2D eigenvalue weighted by Gasteiger charge is -2.06. The molecule has 0 aliphatic heterocycles. The largest absolute Gasteiger partial charge is 0.476 e. The number of ether oxygens (including phenoxy) is 1. The van der Waals surface area contributed by atoms with Crippen molar-refractivity contribution in [2.45, 2.75) is 19.8 Å². The van der Waals surface area contributed by atoms with E-state index in [9.17, 15) is 14.4 Å². The minimum Gasteiger partial charge on any atom is -0.476 e. The normalized spacial score (nSPS) is 9.83. The number of aromatic carboxylic acids is 1. The zero-order valence-corrected chi connectivity index (χ0v) is 9.88. The van der Waals surface area contributed by atoms with Gasteiger partial charge in [0.1, 0.15) is 0 Å². The van der Waals surface area contributed by atoms with Gasteiger partial charge in [-0.05, 0) is 12.5 Å². The van der Waals surface area contributed by atoms with Crippen molar-refractivity contribution in [3.8, 4) is 0 Å². The third kappa shape index (κ3) is 3.38. The molecule has 1 rings (SSSR count). The van der Waals surface area contributed by atoms with Gasteiger partial charge in [-0.3, -0.25) is 4.79 Å². The molecule has 0 spiro atoms. The van der Waals surface area contributed by atoms with Gasteiger partial charge in [-0.25, -0.2) is 14.6 Å². The van der Waals surface area contributed by atoms with Gasteiger partial charge >= 0.3 is 11.9 Å². The first-order valence-corrected chi connectivity index (χ1v) is 5.45. The van der Waals surface area contributed by atoms with Crippen LogP contribution in [-0.2, 0) is 4.74 Å². The first-order valence-electron chi connectivity index (χ1n) is 5.45. The van der Waals surface area contributed by atoms with Gasteiger partial charge in [0.05, 0.1) is 12.2 Å². The Morgan fingerprint density at radius 2 is 2.22 bits per heavy atom. The third-order valence-electron chi connectivity index (χ3n) is 2.20. The summed E-state index contributed by atoms with van der Waals surface area (Å²) < 4.78 is 4.90. The van der Waals surface area contributed by atoms with Crippen molar-refractivity contribution in [2.24, 2.45) is 0 Å². The fraction of sp³-hybridized carbons (Fsp3) is 0.333. The predicted octanol–water partition coefficient (Wildman–Crippen LogP) is 1.55. The first-order chi connectivity index (χ1) is 8.60. The molecule has 1 aromatic rings. The van der Waals surface area contributed by atoms with E-state index in [2.05, 4.69) is 4.98 Å². The number of aldehydes is 1. The van der Waals surface area contributed by atoms with Gasteiger partial charge in [0.2, 0.25) is 0 Å². The minimum atomic E-state index is -1.34. The Kier molecular flexibility index (Phi) is 4.98. The highest BCUT2D eigenvalue weighted by Crippen LogP contribution is 2.10. The molecule has 6 heteroatoms. The summed E-state index contributed by atoms with van der Waals surface area (Å²) in [5.74, 6) is -2.12. The Morgan fingerprint density at radius 1 is 1.50 bits per heavy atom. The lowest BCUT2D eigenvalue weighted by molar-refractivity contribution is 0.0488. The fourth-order valence-electron chi connectivity index (χ4n) is 1.26. The summed E-state index contributed by atoms with van der Waals surface area (Å²) in [6, 6.07) is 1.16. The van der Waals surface area contributed by atoms with Crippen molar-refractivity contribution >= 4 is 18.2 Å². The molecule has 0 aliphatic rings. The van der Waals surface area contributed by atoms with Gasteiger partial charge in [-0.1, -0.05) is 13.3 Å². The van der Waals surface area contributed by atoms with Gasteiger partial charge in [-0.15, -0.1) is 0 Å². The van der Waals surface area contributed by atoms with E-state index in [0.29, 0.717) is 12.7 Å². The second kappa shape index (κ2) is 6.48. The first kappa shape index (κ1) is 13.8. The van der Waals surface area contributed by atoms with Crippen LogP contribution >= 0.6 is 0 Å². The highest BCUT2D eigenvalue weighted by molar-refractivity contribution is 6.02. The molecule has 6 nitrogen and oxygen atoms in total. The van der Waals surface area contributed by atoms with Crippen LogP contribution in [0.4, 0.5) is 0 Å². The van der Waals surface area contributed by atoms with Crippen molar-refractivity contribution < 1.29 is 24.2 Å². The fourth-order valence-corrected chi connectivity index (χ4v) is 1.26. The summed E-state index contributed by atoms with van der Waals surface area (Å²) in [5.41, 5.74) is -0.493. The number of rotatable bonds is 6. The summed E-state index contributed by atoms with van der Waals surface area (Å²) in [5, 5.41) is 8.89. The molecule has 1 N–H and O–H groups in total. The molecule has 1 heterocycles. The number of nitrogens with zero attached hydrogens (tertiary/aromatic N) is 1. The van der Waals surface area contributed by atoms with E-state index in [1.165, 1.54) is 0 Å². The van der Waals surface area contributed by atoms with E-state index in [4.69, 9.17) is 9.84 Å². The molecule has 0 aromatic carbocycles. The molecule has 1 aromatic heterocycles. The summed E-state index contributed by atoms with van der Waals surface area (Å²) in [7, 11) is 0. The van der Waals surface area contributed by atoms with Crippen LogP contribution in [0.1, 0.15) is 51.0 Å². The second-order valence-electron chi connectivity index (χ2n) is 3.58.